The van der Waals surface area contributed by atoms with Crippen LogP contribution in [0.15, 0.2) is 60.2 Å². The second-order valence-corrected chi connectivity index (χ2v) is 4.86. The molecule has 0 heterocycles. The molecule has 0 aromatic heterocycles. The van der Waals surface area contributed by atoms with Gasteiger partial charge in [0.1, 0.15) is 0 Å². The van der Waals surface area contributed by atoms with E-state index in [0.29, 0.717) is 35.1 Å². The van der Waals surface area contributed by atoms with Crippen LogP contribution in [-0.4, -0.2) is 22.5 Å². The molecule has 0 amide bonds. The molecule has 0 aliphatic heterocycles. The molecule has 1 aromatic carbocycles. The summed E-state index contributed by atoms with van der Waals surface area (Å²) in [5.74, 6) is -0.0725. The van der Waals surface area contributed by atoms with Crippen molar-refractivity contribution in [3.05, 3.63) is 71.3 Å². The molecule has 1 aliphatic rings. The standard InChI is InChI=1S/C17H18O2.H2O/c1-4-13-15(18)10-9-12-7-5-6-8-14(12)17(19)16(13)11(2)3;/h4-8,15,18H,1-2,9-10H2,3H3;1H2/b16-13-;/t15-;/m1./s1. The van der Waals surface area contributed by atoms with Crippen LogP contribution in [0.25, 0.3) is 0 Å². The van der Waals surface area contributed by atoms with Crippen LogP contribution in [0, 0.1) is 0 Å². The number of hydrogen-bond donors (Lipinski definition) is 1. The summed E-state index contributed by atoms with van der Waals surface area (Å²) in [4.78, 5) is 12.7. The normalized spacial score (nSPS) is 22.1. The molecule has 2 rings (SSSR count). The average molecular weight is 272 g/mol. The monoisotopic (exact) mass is 272 g/mol. The second-order valence-electron chi connectivity index (χ2n) is 4.86. The molecule has 0 radical (unpaired) electrons. The molecule has 1 atom stereocenters. The molecule has 0 unspecified atom stereocenters. The predicted molar refractivity (Wildman–Crippen MR) is 80.8 cm³/mol. The van der Waals surface area contributed by atoms with E-state index in [4.69, 9.17) is 0 Å². The molecule has 0 saturated carbocycles. The minimum atomic E-state index is -0.665. The maximum Gasteiger partial charge on any atom is 0.193 e. The molecule has 1 aliphatic carbocycles. The quantitative estimate of drug-likeness (QED) is 0.898. The van der Waals surface area contributed by atoms with E-state index >= 15 is 0 Å². The summed E-state index contributed by atoms with van der Waals surface area (Å²) >= 11 is 0. The van der Waals surface area contributed by atoms with Crippen LogP contribution in [0.1, 0.15) is 29.3 Å². The third-order valence-corrected chi connectivity index (χ3v) is 3.47. The van der Waals surface area contributed by atoms with Crippen LogP contribution in [0.4, 0.5) is 0 Å². The Labute approximate surface area is 119 Å². The van der Waals surface area contributed by atoms with E-state index in [1.165, 1.54) is 0 Å². The van der Waals surface area contributed by atoms with Gasteiger partial charge in [0.25, 0.3) is 0 Å². The zero-order valence-corrected chi connectivity index (χ0v) is 11.6. The highest BCUT2D eigenvalue weighted by Gasteiger charge is 2.25. The molecule has 1 aromatic rings. The fourth-order valence-electron chi connectivity index (χ4n) is 2.52. The van der Waals surface area contributed by atoms with Crippen LogP contribution in [0.2, 0.25) is 0 Å². The van der Waals surface area contributed by atoms with Crippen LogP contribution >= 0.6 is 0 Å². The van der Waals surface area contributed by atoms with Gasteiger partial charge in [0.15, 0.2) is 5.78 Å². The van der Waals surface area contributed by atoms with Crippen molar-refractivity contribution in [2.45, 2.75) is 25.9 Å². The molecule has 0 fully saturated rings. The van der Waals surface area contributed by atoms with Gasteiger partial charge in [-0.05, 0) is 36.5 Å². The zero-order chi connectivity index (χ0) is 14.0. The molecular weight excluding hydrogens is 252 g/mol. The third-order valence-electron chi connectivity index (χ3n) is 3.47. The third kappa shape index (κ3) is 2.79. The van der Waals surface area contributed by atoms with Crippen molar-refractivity contribution in [2.24, 2.45) is 0 Å². The average Bonchev–Trinajstić information content (AvgIpc) is 2.40. The van der Waals surface area contributed by atoms with Gasteiger partial charge in [-0.2, -0.15) is 0 Å². The van der Waals surface area contributed by atoms with Gasteiger partial charge < -0.3 is 10.6 Å². The first-order valence-corrected chi connectivity index (χ1v) is 6.39. The van der Waals surface area contributed by atoms with E-state index in [1.54, 1.807) is 13.0 Å². The Hall–Kier alpha value is -1.97. The summed E-state index contributed by atoms with van der Waals surface area (Å²) in [6.07, 6.45) is 2.17. The first-order chi connectivity index (χ1) is 9.06. The van der Waals surface area contributed by atoms with Crippen molar-refractivity contribution in [3.63, 3.8) is 0 Å². The predicted octanol–water partition coefficient (Wildman–Crippen LogP) is 2.41. The van der Waals surface area contributed by atoms with Gasteiger partial charge in [0, 0.05) is 11.1 Å². The van der Waals surface area contributed by atoms with Crippen molar-refractivity contribution in [1.29, 1.82) is 0 Å². The van der Waals surface area contributed by atoms with E-state index in [1.807, 2.05) is 24.3 Å². The first-order valence-electron chi connectivity index (χ1n) is 6.39. The summed E-state index contributed by atoms with van der Waals surface area (Å²) < 4.78 is 0. The van der Waals surface area contributed by atoms with Crippen molar-refractivity contribution in [3.8, 4) is 0 Å². The van der Waals surface area contributed by atoms with Crippen molar-refractivity contribution < 1.29 is 15.4 Å². The number of aliphatic hydroxyl groups is 1. The number of carbonyl (C=O) groups excluding carboxylic acids is 1. The highest BCUT2D eigenvalue weighted by molar-refractivity contribution is 6.13. The molecule has 3 N–H and O–H groups in total. The van der Waals surface area contributed by atoms with Gasteiger partial charge in [0.2, 0.25) is 0 Å². The van der Waals surface area contributed by atoms with E-state index < -0.39 is 6.10 Å². The summed E-state index contributed by atoms with van der Waals surface area (Å²) in [5.41, 5.74) is 3.43. The van der Waals surface area contributed by atoms with E-state index in [2.05, 4.69) is 13.2 Å². The Balaban J connectivity index is 0.00000200. The van der Waals surface area contributed by atoms with Crippen LogP contribution in [0.5, 0.6) is 0 Å². The van der Waals surface area contributed by atoms with Crippen LogP contribution in [0.3, 0.4) is 0 Å². The summed E-state index contributed by atoms with van der Waals surface area (Å²) in [5, 5.41) is 10.2. The lowest BCUT2D eigenvalue weighted by Crippen LogP contribution is -2.21. The molecule has 20 heavy (non-hydrogen) atoms. The van der Waals surface area contributed by atoms with Gasteiger partial charge in [-0.25, -0.2) is 0 Å². The number of benzene rings is 1. The van der Waals surface area contributed by atoms with E-state index in [0.717, 1.165) is 5.56 Å². The van der Waals surface area contributed by atoms with Crippen molar-refractivity contribution in [2.75, 3.05) is 0 Å². The summed E-state index contributed by atoms with van der Waals surface area (Å²) in [7, 11) is 0. The lowest BCUT2D eigenvalue weighted by molar-refractivity contribution is 0.102. The van der Waals surface area contributed by atoms with Crippen molar-refractivity contribution in [1.82, 2.24) is 0 Å². The number of Topliss-reactive ketones (excluding diaryl/α,β-unsaturated/α-hetero) is 1. The summed E-state index contributed by atoms with van der Waals surface area (Å²) in [6, 6.07) is 7.55. The number of allylic oxidation sites excluding steroid dienone is 2. The maximum atomic E-state index is 12.7. The van der Waals surface area contributed by atoms with E-state index in [-0.39, 0.29) is 11.3 Å². The number of carbonyl (C=O) groups is 1. The Kier molecular flexibility index (Phi) is 5.19. The SMILES string of the molecule is C=C/C1=C(\C(=C)C)C(=O)c2ccccc2CC[C@H]1O.O. The Bertz CT molecular complexity index is 582. The highest BCUT2D eigenvalue weighted by atomic mass is 16.3. The van der Waals surface area contributed by atoms with Gasteiger partial charge in [0.05, 0.1) is 6.10 Å². The number of rotatable bonds is 2. The molecule has 3 heteroatoms. The number of fused-ring (bicyclic) bond motifs is 1. The summed E-state index contributed by atoms with van der Waals surface area (Å²) in [6.45, 7) is 9.37. The fourth-order valence-corrected chi connectivity index (χ4v) is 2.52. The molecule has 0 saturated heterocycles. The van der Waals surface area contributed by atoms with Gasteiger partial charge in [-0.1, -0.05) is 43.5 Å². The molecule has 0 bridgehead atoms. The minimum absolute atomic E-state index is 0. The topological polar surface area (TPSA) is 68.8 Å². The largest absolute Gasteiger partial charge is 0.412 e. The molecule has 0 spiro atoms. The lowest BCUT2D eigenvalue weighted by atomic mass is 9.84. The molecule has 106 valence electrons. The van der Waals surface area contributed by atoms with Crippen molar-refractivity contribution >= 4 is 5.78 Å². The highest BCUT2D eigenvalue weighted by Crippen LogP contribution is 2.28. The van der Waals surface area contributed by atoms with Gasteiger partial charge >= 0.3 is 0 Å². The smallest absolute Gasteiger partial charge is 0.193 e. The number of aliphatic hydroxyl groups excluding tert-OH is 1. The van der Waals surface area contributed by atoms with Gasteiger partial charge in [-0.15, -0.1) is 0 Å². The maximum absolute atomic E-state index is 12.7. The fraction of sp³-hybridized carbons (Fsp3) is 0.235. The Morgan fingerprint density at radius 1 is 1.40 bits per heavy atom. The molecular formula is C17H20O3. The second kappa shape index (κ2) is 6.46. The molecule has 3 nitrogen and oxygen atoms in total. The first kappa shape index (κ1) is 16.1. The minimum Gasteiger partial charge on any atom is -0.412 e. The lowest BCUT2D eigenvalue weighted by Gasteiger charge is -2.22. The van der Waals surface area contributed by atoms with Crippen LogP contribution in [-0.2, 0) is 6.42 Å². The Morgan fingerprint density at radius 2 is 2.05 bits per heavy atom. The Morgan fingerprint density at radius 3 is 2.65 bits per heavy atom. The zero-order valence-electron chi connectivity index (χ0n) is 11.6. The number of ketones is 1. The van der Waals surface area contributed by atoms with E-state index in [9.17, 15) is 9.90 Å². The van der Waals surface area contributed by atoms with Crippen LogP contribution < -0.4 is 0 Å². The number of aryl methyl sites for hydroxylation is 1. The number of hydrogen-bond acceptors (Lipinski definition) is 2. The van der Waals surface area contributed by atoms with Gasteiger partial charge in [-0.3, -0.25) is 4.79 Å².